The Balaban J connectivity index is 1.34. The maximum absolute atomic E-state index is 12.0. The van der Waals surface area contributed by atoms with E-state index in [1.165, 1.54) is 0 Å². The Morgan fingerprint density at radius 3 is 2.10 bits per heavy atom. The first kappa shape index (κ1) is 20.6. The van der Waals surface area contributed by atoms with Gasteiger partial charge in [-0.2, -0.15) is 0 Å². The van der Waals surface area contributed by atoms with Gasteiger partial charge in [0, 0.05) is 17.3 Å². The minimum absolute atomic E-state index is 0.108. The van der Waals surface area contributed by atoms with Gasteiger partial charge in [0.25, 0.3) is 0 Å². The molecule has 29 heavy (non-hydrogen) atoms. The fourth-order valence-electron chi connectivity index (χ4n) is 2.59. The molecule has 0 bridgehead atoms. The van der Waals surface area contributed by atoms with E-state index < -0.39 is 0 Å². The predicted octanol–water partition coefficient (Wildman–Crippen LogP) is 4.53. The Morgan fingerprint density at radius 1 is 0.793 bits per heavy atom. The topological polar surface area (TPSA) is 59.6 Å². The fraction of sp³-hybridized carbons (Fsp3) is 0.174. The van der Waals surface area contributed by atoms with Crippen molar-refractivity contribution in [2.45, 2.75) is 6.54 Å². The normalized spacial score (nSPS) is 10.2. The van der Waals surface area contributed by atoms with Crippen LogP contribution in [-0.2, 0) is 11.3 Å². The third-order valence-corrected chi connectivity index (χ3v) is 4.47. The minimum Gasteiger partial charge on any atom is -0.490 e. The summed E-state index contributed by atoms with van der Waals surface area (Å²) in [6, 6.07) is 24.5. The summed E-state index contributed by atoms with van der Waals surface area (Å²) >= 11 is 6.09. The Hall–Kier alpha value is -3.18. The Morgan fingerprint density at radius 2 is 1.41 bits per heavy atom. The van der Waals surface area contributed by atoms with E-state index in [1.807, 2.05) is 72.8 Å². The number of para-hydroxylation sites is 1. The third-order valence-electron chi connectivity index (χ3n) is 4.11. The van der Waals surface area contributed by atoms with Gasteiger partial charge in [0.15, 0.2) is 0 Å². The quantitative estimate of drug-likeness (QED) is 0.482. The Labute approximate surface area is 175 Å². The Kier molecular flexibility index (Phi) is 7.78. The average Bonchev–Trinajstić information content (AvgIpc) is 2.76. The van der Waals surface area contributed by atoms with Crippen LogP contribution < -0.4 is 20.1 Å². The van der Waals surface area contributed by atoms with Crippen LogP contribution in [0.1, 0.15) is 5.56 Å². The monoisotopic (exact) mass is 410 g/mol. The van der Waals surface area contributed by atoms with E-state index in [2.05, 4.69) is 10.6 Å². The lowest BCUT2D eigenvalue weighted by atomic mass is 10.2. The molecule has 0 fully saturated rings. The molecule has 3 rings (SSSR count). The molecule has 3 aromatic rings. The molecule has 0 radical (unpaired) electrons. The third kappa shape index (κ3) is 7.05. The molecule has 1 amide bonds. The van der Waals surface area contributed by atoms with Gasteiger partial charge in [-0.1, -0.05) is 48.0 Å². The van der Waals surface area contributed by atoms with E-state index in [0.29, 0.717) is 24.8 Å². The first-order valence-electron chi connectivity index (χ1n) is 9.35. The van der Waals surface area contributed by atoms with Gasteiger partial charge in [0.1, 0.15) is 24.7 Å². The number of halogens is 1. The Bertz CT molecular complexity index is 902. The minimum atomic E-state index is -0.108. The molecule has 0 aliphatic heterocycles. The van der Waals surface area contributed by atoms with Crippen LogP contribution >= 0.6 is 11.6 Å². The number of carbonyl (C=O) groups excluding carboxylic acids is 1. The van der Waals surface area contributed by atoms with E-state index in [9.17, 15) is 4.79 Å². The molecule has 6 heteroatoms. The van der Waals surface area contributed by atoms with Crippen molar-refractivity contribution in [3.05, 3.63) is 89.4 Å². The van der Waals surface area contributed by atoms with Crippen LogP contribution in [0.2, 0.25) is 5.02 Å². The van der Waals surface area contributed by atoms with Crippen LogP contribution in [0.3, 0.4) is 0 Å². The predicted molar refractivity (Wildman–Crippen MR) is 116 cm³/mol. The number of anilines is 1. The van der Waals surface area contributed by atoms with Crippen LogP contribution in [0.5, 0.6) is 11.5 Å². The van der Waals surface area contributed by atoms with Crippen molar-refractivity contribution in [1.82, 2.24) is 5.32 Å². The van der Waals surface area contributed by atoms with Gasteiger partial charge in [-0.3, -0.25) is 4.79 Å². The van der Waals surface area contributed by atoms with Gasteiger partial charge in [0.05, 0.1) is 6.54 Å². The van der Waals surface area contributed by atoms with Gasteiger partial charge < -0.3 is 20.1 Å². The number of hydrogen-bond acceptors (Lipinski definition) is 4. The molecule has 0 saturated heterocycles. The highest BCUT2D eigenvalue weighted by Crippen LogP contribution is 2.16. The summed E-state index contributed by atoms with van der Waals surface area (Å²) in [4.78, 5) is 12.0. The molecule has 0 heterocycles. The zero-order valence-corrected chi connectivity index (χ0v) is 16.7. The second-order valence-electron chi connectivity index (χ2n) is 6.26. The van der Waals surface area contributed by atoms with Crippen LogP contribution in [0.25, 0.3) is 0 Å². The highest BCUT2D eigenvalue weighted by atomic mass is 35.5. The van der Waals surface area contributed by atoms with Gasteiger partial charge in [-0.15, -0.1) is 0 Å². The first-order chi connectivity index (χ1) is 14.2. The van der Waals surface area contributed by atoms with Crippen molar-refractivity contribution in [2.75, 3.05) is 25.1 Å². The number of benzene rings is 3. The van der Waals surface area contributed by atoms with Crippen molar-refractivity contribution < 1.29 is 14.3 Å². The molecule has 0 atom stereocenters. The molecule has 0 spiro atoms. The standard InChI is InChI=1S/C23H23ClN2O3/c24-22-9-5-4-6-18(22)16-26-23(27)17-25-19-10-12-21(13-11-19)29-15-14-28-20-7-2-1-3-8-20/h1-13,25H,14-17H2,(H,26,27). The van der Waals surface area contributed by atoms with Crippen molar-refractivity contribution in [2.24, 2.45) is 0 Å². The zero-order chi connectivity index (χ0) is 20.3. The van der Waals surface area contributed by atoms with E-state index in [0.717, 1.165) is 22.7 Å². The summed E-state index contributed by atoms with van der Waals surface area (Å²) in [5, 5.41) is 6.57. The van der Waals surface area contributed by atoms with Gasteiger partial charge in [-0.05, 0) is 48.0 Å². The van der Waals surface area contributed by atoms with Crippen LogP contribution in [0.4, 0.5) is 5.69 Å². The molecule has 150 valence electrons. The molecule has 0 aliphatic rings. The number of rotatable bonds is 10. The van der Waals surface area contributed by atoms with Crippen LogP contribution in [-0.4, -0.2) is 25.7 Å². The molecule has 3 aromatic carbocycles. The molecule has 0 aliphatic carbocycles. The lowest BCUT2D eigenvalue weighted by Crippen LogP contribution is -2.29. The number of hydrogen-bond donors (Lipinski definition) is 2. The van der Waals surface area contributed by atoms with E-state index >= 15 is 0 Å². The number of carbonyl (C=O) groups is 1. The molecule has 0 aromatic heterocycles. The fourth-order valence-corrected chi connectivity index (χ4v) is 2.79. The van der Waals surface area contributed by atoms with Gasteiger partial charge in [-0.25, -0.2) is 0 Å². The summed E-state index contributed by atoms with van der Waals surface area (Å²) < 4.78 is 11.3. The average molecular weight is 411 g/mol. The highest BCUT2D eigenvalue weighted by molar-refractivity contribution is 6.31. The molecule has 0 saturated carbocycles. The summed E-state index contributed by atoms with van der Waals surface area (Å²) in [5.74, 6) is 1.46. The van der Waals surface area contributed by atoms with Crippen molar-refractivity contribution >= 4 is 23.2 Å². The summed E-state index contributed by atoms with van der Waals surface area (Å²) in [6.07, 6.45) is 0. The molecular formula is C23H23ClN2O3. The lowest BCUT2D eigenvalue weighted by molar-refractivity contribution is -0.119. The molecular weight excluding hydrogens is 388 g/mol. The second kappa shape index (κ2) is 11.0. The highest BCUT2D eigenvalue weighted by Gasteiger charge is 2.04. The van der Waals surface area contributed by atoms with Crippen LogP contribution in [0, 0.1) is 0 Å². The first-order valence-corrected chi connectivity index (χ1v) is 9.73. The lowest BCUT2D eigenvalue weighted by Gasteiger charge is -2.10. The van der Waals surface area contributed by atoms with E-state index in [4.69, 9.17) is 21.1 Å². The number of nitrogens with one attached hydrogen (secondary N) is 2. The summed E-state index contributed by atoms with van der Waals surface area (Å²) in [6.45, 7) is 1.50. The SMILES string of the molecule is O=C(CNc1ccc(OCCOc2ccccc2)cc1)NCc1ccccc1Cl. The van der Waals surface area contributed by atoms with Crippen molar-refractivity contribution in [3.8, 4) is 11.5 Å². The number of ether oxygens (including phenoxy) is 2. The zero-order valence-electron chi connectivity index (χ0n) is 15.9. The summed E-state index contributed by atoms with van der Waals surface area (Å²) in [5.41, 5.74) is 1.73. The molecule has 0 unspecified atom stereocenters. The van der Waals surface area contributed by atoms with Gasteiger partial charge >= 0.3 is 0 Å². The number of amides is 1. The summed E-state index contributed by atoms with van der Waals surface area (Å²) in [7, 11) is 0. The molecule has 5 nitrogen and oxygen atoms in total. The van der Waals surface area contributed by atoms with Gasteiger partial charge in [0.2, 0.25) is 5.91 Å². The van der Waals surface area contributed by atoms with Crippen molar-refractivity contribution in [3.63, 3.8) is 0 Å². The van der Waals surface area contributed by atoms with Crippen LogP contribution in [0.15, 0.2) is 78.9 Å². The second-order valence-corrected chi connectivity index (χ2v) is 6.66. The maximum atomic E-state index is 12.0. The van der Waals surface area contributed by atoms with E-state index in [-0.39, 0.29) is 12.5 Å². The van der Waals surface area contributed by atoms with Crippen molar-refractivity contribution in [1.29, 1.82) is 0 Å². The maximum Gasteiger partial charge on any atom is 0.239 e. The van der Waals surface area contributed by atoms with E-state index in [1.54, 1.807) is 6.07 Å². The smallest absolute Gasteiger partial charge is 0.239 e. The molecule has 2 N–H and O–H groups in total. The largest absolute Gasteiger partial charge is 0.490 e.